The molecule has 3 heteroatoms. The van der Waals surface area contributed by atoms with Crippen LogP contribution >= 0.6 is 0 Å². The van der Waals surface area contributed by atoms with Gasteiger partial charge in [-0.15, -0.1) is 0 Å². The number of ether oxygens (including phenoxy) is 1. The molecule has 0 aliphatic rings. The summed E-state index contributed by atoms with van der Waals surface area (Å²) in [6.45, 7) is -2.47. The number of nitrogens with zero attached hydrogens (tertiary/aromatic N) is 1. The van der Waals surface area contributed by atoms with Crippen molar-refractivity contribution in [1.29, 1.82) is 0 Å². The average molecular weight is 222 g/mol. The van der Waals surface area contributed by atoms with Crippen molar-refractivity contribution in [2.45, 2.75) is 6.85 Å². The fourth-order valence-corrected chi connectivity index (χ4v) is 1.18. The van der Waals surface area contributed by atoms with Crippen LogP contribution < -0.4 is 10.3 Å². The third-order valence-electron chi connectivity index (χ3n) is 1.94. The van der Waals surface area contributed by atoms with E-state index in [0.29, 0.717) is 0 Å². The van der Waals surface area contributed by atoms with Crippen molar-refractivity contribution >= 4 is 0 Å². The van der Waals surface area contributed by atoms with Crippen molar-refractivity contribution < 1.29 is 14.3 Å². The summed E-state index contributed by atoms with van der Waals surface area (Å²) < 4.78 is 59.4. The Hall–Kier alpha value is -2.03. The van der Waals surface area contributed by atoms with Gasteiger partial charge >= 0.3 is 0 Å². The lowest BCUT2D eigenvalue weighted by atomic mass is 10.2. The minimum absolute atomic E-state index is 0.148. The zero-order valence-corrected chi connectivity index (χ0v) is 8.50. The monoisotopic (exact) mass is 222 g/mol. The molecule has 1 aromatic carbocycles. The zero-order chi connectivity index (χ0) is 17.5. The lowest BCUT2D eigenvalue weighted by Gasteiger charge is -2.07. The Kier molecular flexibility index (Phi) is 1.29. The smallest absolute Gasteiger partial charge is 0.255 e. The molecule has 0 unspecified atom stereocenters. The molecule has 1 aromatic heterocycles. The summed E-state index contributed by atoms with van der Waals surface area (Å²) in [4.78, 5) is 12.0. The Morgan fingerprint density at radius 1 is 1.31 bits per heavy atom. The molecule has 0 spiro atoms. The van der Waals surface area contributed by atoms with Gasteiger partial charge in [0.25, 0.3) is 5.56 Å². The van der Waals surface area contributed by atoms with Crippen molar-refractivity contribution in [2.75, 3.05) is 7.11 Å². The number of aromatic nitrogens is 1. The molecule has 0 aliphatic heterocycles. The summed E-state index contributed by atoms with van der Waals surface area (Å²) in [5, 5.41) is 0. The molecule has 16 heavy (non-hydrogen) atoms. The lowest BCUT2D eigenvalue weighted by Crippen LogP contribution is -2.16. The van der Waals surface area contributed by atoms with Crippen LogP contribution in [0.1, 0.15) is 15.2 Å². The van der Waals surface area contributed by atoms with E-state index in [0.717, 1.165) is 22.9 Å². The highest BCUT2D eigenvalue weighted by Gasteiger charge is 1.99. The van der Waals surface area contributed by atoms with Gasteiger partial charge in [0.2, 0.25) is 0 Å². The zero-order valence-electron chi connectivity index (χ0n) is 15.5. The molecular formula is C13H13NO2. The van der Waals surface area contributed by atoms with Gasteiger partial charge in [-0.05, 0) is 36.6 Å². The van der Waals surface area contributed by atoms with E-state index in [1.54, 1.807) is 0 Å². The average Bonchev–Trinajstić information content (AvgIpc) is 2.47. The number of aryl methyl sites for hydroxylation is 1. The van der Waals surface area contributed by atoms with Crippen molar-refractivity contribution in [3.8, 4) is 11.4 Å². The van der Waals surface area contributed by atoms with Gasteiger partial charge in [0.1, 0.15) is 5.75 Å². The van der Waals surface area contributed by atoms with E-state index in [1.807, 2.05) is 0 Å². The van der Waals surface area contributed by atoms with Crippen LogP contribution in [-0.2, 0) is 0 Å². The summed E-state index contributed by atoms with van der Waals surface area (Å²) in [5.41, 5.74) is -1.13. The maximum Gasteiger partial charge on any atom is 0.255 e. The SMILES string of the molecule is [2H]c1c([2H])c(-n2cc(C([2H])([2H])[2H])ccc2=O)c([2H])c([2H])c1OC. The van der Waals surface area contributed by atoms with E-state index < -0.39 is 36.6 Å². The molecule has 0 atom stereocenters. The van der Waals surface area contributed by atoms with Crippen molar-refractivity contribution in [2.24, 2.45) is 0 Å². The highest BCUT2D eigenvalue weighted by Crippen LogP contribution is 2.13. The number of methoxy groups -OCH3 is 1. The second kappa shape index (κ2) is 4.23. The Morgan fingerprint density at radius 3 is 2.69 bits per heavy atom. The van der Waals surface area contributed by atoms with Gasteiger partial charge in [0.05, 0.1) is 12.6 Å². The molecule has 2 rings (SSSR count). The van der Waals surface area contributed by atoms with Gasteiger partial charge in [0, 0.05) is 22.1 Å². The van der Waals surface area contributed by atoms with Gasteiger partial charge in [-0.3, -0.25) is 9.36 Å². The van der Waals surface area contributed by atoms with Gasteiger partial charge < -0.3 is 4.74 Å². The molecule has 0 saturated heterocycles. The molecule has 1 heterocycles. The van der Waals surface area contributed by atoms with Gasteiger partial charge in [-0.25, -0.2) is 0 Å². The van der Waals surface area contributed by atoms with E-state index in [-0.39, 0.29) is 17.0 Å². The lowest BCUT2D eigenvalue weighted by molar-refractivity contribution is 0.414. The normalized spacial score (nSPS) is 17.2. The Morgan fingerprint density at radius 2 is 2.06 bits per heavy atom. The van der Waals surface area contributed by atoms with E-state index >= 15 is 0 Å². The Labute approximate surface area is 104 Å². The summed E-state index contributed by atoms with van der Waals surface area (Å²) in [6, 6.07) is 0.272. The van der Waals surface area contributed by atoms with Gasteiger partial charge in [-0.2, -0.15) is 0 Å². The molecule has 3 nitrogen and oxygen atoms in total. The van der Waals surface area contributed by atoms with Crippen LogP contribution in [0, 0.1) is 6.85 Å². The maximum absolute atomic E-state index is 12.0. The first-order chi connectivity index (χ1) is 10.6. The molecule has 0 amide bonds. The highest BCUT2D eigenvalue weighted by atomic mass is 16.5. The van der Waals surface area contributed by atoms with Gasteiger partial charge in [-0.1, -0.05) is 6.07 Å². The summed E-state index contributed by atoms with van der Waals surface area (Å²) >= 11 is 0. The quantitative estimate of drug-likeness (QED) is 0.779. The molecule has 0 fully saturated rings. The topological polar surface area (TPSA) is 31.2 Å². The molecule has 0 aliphatic carbocycles. The molecule has 82 valence electrons. The molecule has 0 bridgehead atoms. The number of hydrogen-bond acceptors (Lipinski definition) is 2. The number of benzene rings is 1. The van der Waals surface area contributed by atoms with E-state index in [1.165, 1.54) is 7.11 Å². The predicted octanol–water partition coefficient (Wildman–Crippen LogP) is 2.15. The third kappa shape index (κ3) is 1.98. The Balaban J connectivity index is 2.86. The Bertz CT molecular complexity index is 797. The highest BCUT2D eigenvalue weighted by molar-refractivity contribution is 5.38. The largest absolute Gasteiger partial charge is 0.497 e. The van der Waals surface area contributed by atoms with Gasteiger partial charge in [0.15, 0.2) is 0 Å². The van der Waals surface area contributed by atoms with Crippen molar-refractivity contribution in [1.82, 2.24) is 4.57 Å². The number of pyridine rings is 1. The summed E-state index contributed by atoms with van der Waals surface area (Å²) in [6.07, 6.45) is 1.01. The molecule has 0 N–H and O–H groups in total. The summed E-state index contributed by atoms with van der Waals surface area (Å²) in [5.74, 6) is -0.247. The number of hydrogen-bond donors (Lipinski definition) is 0. The van der Waals surface area contributed by atoms with Crippen molar-refractivity contribution in [3.05, 3.63) is 58.4 Å². The minimum atomic E-state index is -2.47. The van der Waals surface area contributed by atoms with Crippen LogP contribution in [0.25, 0.3) is 5.69 Å². The predicted molar refractivity (Wildman–Crippen MR) is 63.3 cm³/mol. The van der Waals surface area contributed by atoms with Crippen LogP contribution in [0.15, 0.2) is 47.3 Å². The second-order valence-corrected chi connectivity index (χ2v) is 3.01. The molecule has 0 radical (unpaired) electrons. The van der Waals surface area contributed by atoms with E-state index in [9.17, 15) is 4.79 Å². The molecular weight excluding hydrogens is 202 g/mol. The molecule has 0 saturated carbocycles. The fraction of sp³-hybridized carbons (Fsp3) is 0.154. The van der Waals surface area contributed by atoms with Crippen molar-refractivity contribution in [3.63, 3.8) is 0 Å². The number of rotatable bonds is 2. The van der Waals surface area contributed by atoms with E-state index in [2.05, 4.69) is 0 Å². The van der Waals surface area contributed by atoms with Crippen LogP contribution in [-0.4, -0.2) is 11.7 Å². The van der Waals surface area contributed by atoms with Crippen LogP contribution in [0.3, 0.4) is 0 Å². The summed E-state index contributed by atoms with van der Waals surface area (Å²) in [7, 11) is 1.21. The molecule has 2 aromatic rings. The van der Waals surface area contributed by atoms with Crippen LogP contribution in [0.5, 0.6) is 5.75 Å². The van der Waals surface area contributed by atoms with E-state index in [4.69, 9.17) is 14.3 Å². The standard InChI is InChI=1S/C13H13NO2/c1-10-3-8-13(15)14(9-10)11-4-6-12(16-2)7-5-11/h3-9H,1-2H3/i1D3,4D,5D,6D,7D. The first-order valence-electron chi connectivity index (χ1n) is 7.97. The minimum Gasteiger partial charge on any atom is -0.497 e. The maximum atomic E-state index is 12.0. The first-order valence-corrected chi connectivity index (χ1v) is 4.47. The van der Waals surface area contributed by atoms with Crippen LogP contribution in [0.4, 0.5) is 0 Å². The fourth-order valence-electron chi connectivity index (χ4n) is 1.18. The second-order valence-electron chi connectivity index (χ2n) is 3.01. The van der Waals surface area contributed by atoms with Crippen LogP contribution in [0.2, 0.25) is 0 Å². The third-order valence-corrected chi connectivity index (χ3v) is 1.94. The first kappa shape index (κ1) is 4.87.